The van der Waals surface area contributed by atoms with Crippen molar-refractivity contribution in [2.75, 3.05) is 0 Å². The Labute approximate surface area is 78.2 Å². The van der Waals surface area contributed by atoms with Crippen LogP contribution in [0.3, 0.4) is 0 Å². The summed E-state index contributed by atoms with van der Waals surface area (Å²) in [5.41, 5.74) is 1.63. The highest BCUT2D eigenvalue weighted by Gasteiger charge is 2.07. The van der Waals surface area contributed by atoms with Gasteiger partial charge in [0.25, 0.3) is 0 Å². The Hall–Kier alpha value is -0.890. The molecule has 0 amide bonds. The van der Waals surface area contributed by atoms with Gasteiger partial charge in [0.15, 0.2) is 0 Å². The molecule has 1 aromatic carbocycles. The minimum atomic E-state index is -0.434. The predicted molar refractivity (Wildman–Crippen MR) is 51.1 cm³/mol. The van der Waals surface area contributed by atoms with E-state index in [2.05, 4.69) is 0 Å². The molecule has 0 spiro atoms. The van der Waals surface area contributed by atoms with E-state index in [0.29, 0.717) is 18.4 Å². The van der Waals surface area contributed by atoms with Crippen LogP contribution in [0.2, 0.25) is 0 Å². The second-order valence-electron chi connectivity index (χ2n) is 3.36. The Morgan fingerprint density at radius 1 is 1.46 bits per heavy atom. The van der Waals surface area contributed by atoms with Crippen LogP contribution < -0.4 is 0 Å². The van der Waals surface area contributed by atoms with Gasteiger partial charge in [-0.05, 0) is 25.0 Å². The summed E-state index contributed by atoms with van der Waals surface area (Å²) < 4.78 is 13.2. The van der Waals surface area contributed by atoms with Crippen LogP contribution in [-0.4, -0.2) is 11.2 Å². The second-order valence-corrected chi connectivity index (χ2v) is 3.36. The quantitative estimate of drug-likeness (QED) is 0.761. The van der Waals surface area contributed by atoms with Gasteiger partial charge in [-0.2, -0.15) is 0 Å². The van der Waals surface area contributed by atoms with Crippen molar-refractivity contribution < 1.29 is 9.50 Å². The number of hydrogen-bond donors (Lipinski definition) is 1. The minimum Gasteiger partial charge on any atom is -0.393 e. The Bertz CT molecular complexity index is 283. The highest BCUT2D eigenvalue weighted by Crippen LogP contribution is 2.13. The highest BCUT2D eigenvalue weighted by molar-refractivity contribution is 5.24. The fourth-order valence-corrected chi connectivity index (χ4v) is 1.26. The van der Waals surface area contributed by atoms with E-state index in [1.54, 1.807) is 12.1 Å². The molecule has 0 saturated heterocycles. The Morgan fingerprint density at radius 3 is 2.77 bits per heavy atom. The van der Waals surface area contributed by atoms with Crippen molar-refractivity contribution in [3.05, 3.63) is 35.1 Å². The molecule has 72 valence electrons. The lowest BCUT2D eigenvalue weighted by atomic mass is 10.0. The smallest absolute Gasteiger partial charge is 0.126 e. The van der Waals surface area contributed by atoms with Crippen LogP contribution in [0.1, 0.15) is 24.5 Å². The van der Waals surface area contributed by atoms with Crippen molar-refractivity contribution in [2.24, 2.45) is 0 Å². The van der Waals surface area contributed by atoms with Gasteiger partial charge in [0.05, 0.1) is 6.10 Å². The van der Waals surface area contributed by atoms with Crippen molar-refractivity contribution in [2.45, 2.75) is 32.8 Å². The van der Waals surface area contributed by atoms with E-state index in [4.69, 9.17) is 0 Å². The van der Waals surface area contributed by atoms with Crippen LogP contribution in [0.5, 0.6) is 0 Å². The van der Waals surface area contributed by atoms with Crippen molar-refractivity contribution in [3.8, 4) is 0 Å². The number of aryl methyl sites for hydroxylation is 1. The number of rotatable bonds is 3. The number of halogens is 1. The zero-order valence-corrected chi connectivity index (χ0v) is 8.05. The number of aliphatic hydroxyl groups is 1. The number of benzene rings is 1. The molecule has 0 aliphatic rings. The monoisotopic (exact) mass is 182 g/mol. The van der Waals surface area contributed by atoms with E-state index in [0.717, 1.165) is 5.56 Å². The lowest BCUT2D eigenvalue weighted by molar-refractivity contribution is 0.169. The van der Waals surface area contributed by atoms with Gasteiger partial charge in [-0.25, -0.2) is 4.39 Å². The maximum Gasteiger partial charge on any atom is 0.126 e. The van der Waals surface area contributed by atoms with E-state index >= 15 is 0 Å². The lowest BCUT2D eigenvalue weighted by Gasteiger charge is -2.08. The molecule has 1 atom stereocenters. The molecule has 1 nitrogen and oxygen atoms in total. The Kier molecular flexibility index (Phi) is 3.43. The van der Waals surface area contributed by atoms with Gasteiger partial charge >= 0.3 is 0 Å². The molecule has 0 aliphatic heterocycles. The third-order valence-electron chi connectivity index (χ3n) is 2.13. The molecule has 1 N–H and O–H groups in total. The summed E-state index contributed by atoms with van der Waals surface area (Å²) in [6.45, 7) is 3.81. The molecule has 0 bridgehead atoms. The Balaban J connectivity index is 2.81. The SMILES string of the molecule is CCC(O)Cc1cc(C)ccc1F. The van der Waals surface area contributed by atoms with Crippen LogP contribution in [0.25, 0.3) is 0 Å². The normalized spacial score (nSPS) is 12.9. The summed E-state index contributed by atoms with van der Waals surface area (Å²) in [6, 6.07) is 4.97. The molecule has 0 aliphatic carbocycles. The number of aliphatic hydroxyl groups excluding tert-OH is 1. The highest BCUT2D eigenvalue weighted by atomic mass is 19.1. The van der Waals surface area contributed by atoms with E-state index in [-0.39, 0.29) is 5.82 Å². The van der Waals surface area contributed by atoms with Crippen LogP contribution in [0.4, 0.5) is 4.39 Å². The Morgan fingerprint density at radius 2 is 2.15 bits per heavy atom. The largest absolute Gasteiger partial charge is 0.393 e. The third-order valence-corrected chi connectivity index (χ3v) is 2.13. The van der Waals surface area contributed by atoms with Gasteiger partial charge in [-0.3, -0.25) is 0 Å². The van der Waals surface area contributed by atoms with Crippen LogP contribution in [0.15, 0.2) is 18.2 Å². The summed E-state index contributed by atoms with van der Waals surface area (Å²) >= 11 is 0. The van der Waals surface area contributed by atoms with E-state index in [1.165, 1.54) is 6.07 Å². The first kappa shape index (κ1) is 10.2. The first-order chi connectivity index (χ1) is 6.13. The topological polar surface area (TPSA) is 20.2 Å². The van der Waals surface area contributed by atoms with Gasteiger partial charge in [-0.15, -0.1) is 0 Å². The predicted octanol–water partition coefficient (Wildman–Crippen LogP) is 2.45. The maximum atomic E-state index is 13.2. The molecule has 0 saturated carbocycles. The second kappa shape index (κ2) is 4.38. The summed E-state index contributed by atoms with van der Waals surface area (Å²) in [4.78, 5) is 0. The summed E-state index contributed by atoms with van der Waals surface area (Å²) in [5.74, 6) is -0.224. The van der Waals surface area contributed by atoms with Crippen molar-refractivity contribution in [1.82, 2.24) is 0 Å². The molecule has 1 unspecified atom stereocenters. The standard InChI is InChI=1S/C11H15FO/c1-3-10(13)7-9-6-8(2)4-5-11(9)12/h4-6,10,13H,3,7H2,1-2H3. The fourth-order valence-electron chi connectivity index (χ4n) is 1.26. The molecule has 1 aromatic rings. The van der Waals surface area contributed by atoms with Gasteiger partial charge in [0.1, 0.15) is 5.82 Å². The summed E-state index contributed by atoms with van der Waals surface area (Å²) in [5, 5.41) is 9.36. The first-order valence-electron chi connectivity index (χ1n) is 4.56. The molecule has 0 heterocycles. The molecule has 13 heavy (non-hydrogen) atoms. The third kappa shape index (κ3) is 2.81. The summed E-state index contributed by atoms with van der Waals surface area (Å²) in [6.07, 6.45) is 0.633. The molecule has 0 aromatic heterocycles. The van der Waals surface area contributed by atoms with Crippen LogP contribution in [-0.2, 0) is 6.42 Å². The zero-order chi connectivity index (χ0) is 9.84. The van der Waals surface area contributed by atoms with Gasteiger partial charge in [-0.1, -0.05) is 24.6 Å². The number of hydrogen-bond acceptors (Lipinski definition) is 1. The van der Waals surface area contributed by atoms with Gasteiger partial charge in [0, 0.05) is 6.42 Å². The molecular weight excluding hydrogens is 167 g/mol. The molecule has 1 rings (SSSR count). The van der Waals surface area contributed by atoms with Gasteiger partial charge < -0.3 is 5.11 Å². The maximum absolute atomic E-state index is 13.2. The molecule has 2 heteroatoms. The average Bonchev–Trinajstić information content (AvgIpc) is 2.11. The van der Waals surface area contributed by atoms with Crippen LogP contribution in [0, 0.1) is 12.7 Å². The summed E-state index contributed by atoms with van der Waals surface area (Å²) in [7, 11) is 0. The molecular formula is C11H15FO. The fraction of sp³-hybridized carbons (Fsp3) is 0.455. The lowest BCUT2D eigenvalue weighted by Crippen LogP contribution is -2.09. The van der Waals surface area contributed by atoms with E-state index in [1.807, 2.05) is 13.8 Å². The first-order valence-corrected chi connectivity index (χ1v) is 4.56. The zero-order valence-electron chi connectivity index (χ0n) is 8.05. The van der Waals surface area contributed by atoms with E-state index < -0.39 is 6.10 Å². The van der Waals surface area contributed by atoms with Crippen molar-refractivity contribution in [1.29, 1.82) is 0 Å². The molecule has 0 radical (unpaired) electrons. The van der Waals surface area contributed by atoms with E-state index in [9.17, 15) is 9.50 Å². The van der Waals surface area contributed by atoms with Gasteiger partial charge in [0.2, 0.25) is 0 Å². The average molecular weight is 182 g/mol. The van der Waals surface area contributed by atoms with Crippen LogP contribution >= 0.6 is 0 Å². The van der Waals surface area contributed by atoms with Crippen molar-refractivity contribution in [3.63, 3.8) is 0 Å². The minimum absolute atomic E-state index is 0.224. The van der Waals surface area contributed by atoms with Crippen molar-refractivity contribution >= 4 is 0 Å². The molecule has 0 fully saturated rings.